The number of hydrogen-bond donors (Lipinski definition) is 1. The maximum atomic E-state index is 12.6. The maximum absolute atomic E-state index is 12.6. The summed E-state index contributed by atoms with van der Waals surface area (Å²) in [7, 11) is 0. The molecular weight excluding hydrogens is 312 g/mol. The van der Waals surface area contributed by atoms with Crippen LogP contribution in [0.5, 0.6) is 0 Å². The number of carbonyl (C=O) groups is 3. The topological polar surface area (TPSA) is 87.2 Å². The van der Waals surface area contributed by atoms with Gasteiger partial charge in [-0.2, -0.15) is 0 Å². The van der Waals surface area contributed by atoms with Crippen LogP contribution >= 0.6 is 0 Å². The van der Waals surface area contributed by atoms with Gasteiger partial charge in [0.2, 0.25) is 0 Å². The second-order valence-electron chi connectivity index (χ2n) is 6.48. The molecule has 2 amide bonds. The summed E-state index contributed by atoms with van der Waals surface area (Å²) in [4.78, 5) is 40.0. The molecule has 7 nitrogen and oxygen atoms in total. The van der Waals surface area contributed by atoms with Crippen molar-refractivity contribution in [2.24, 2.45) is 5.92 Å². The van der Waals surface area contributed by atoms with Crippen molar-refractivity contribution in [2.75, 3.05) is 32.8 Å². The van der Waals surface area contributed by atoms with Crippen molar-refractivity contribution in [1.82, 2.24) is 9.80 Å². The van der Waals surface area contributed by atoms with Gasteiger partial charge in [-0.3, -0.25) is 14.4 Å². The second-order valence-corrected chi connectivity index (χ2v) is 6.48. The van der Waals surface area contributed by atoms with Crippen LogP contribution in [0.25, 0.3) is 0 Å². The van der Waals surface area contributed by atoms with Crippen LogP contribution in [0.1, 0.15) is 45.4 Å². The molecule has 0 spiro atoms. The van der Waals surface area contributed by atoms with E-state index >= 15 is 0 Å². The summed E-state index contributed by atoms with van der Waals surface area (Å²) in [5, 5.41) is 9.15. The van der Waals surface area contributed by atoms with E-state index in [1.165, 1.54) is 0 Å². The zero-order chi connectivity index (χ0) is 17.5. The number of aliphatic hydroxyl groups excluding tert-OH is 1. The second kappa shape index (κ2) is 9.01. The highest BCUT2D eigenvalue weighted by atomic mass is 16.5. The molecule has 0 aromatic heterocycles. The van der Waals surface area contributed by atoms with Gasteiger partial charge in [0, 0.05) is 32.3 Å². The molecule has 24 heavy (non-hydrogen) atoms. The molecule has 2 fully saturated rings. The van der Waals surface area contributed by atoms with Gasteiger partial charge in [-0.15, -0.1) is 0 Å². The lowest BCUT2D eigenvalue weighted by Crippen LogP contribution is -2.53. The molecule has 0 aromatic rings. The average molecular weight is 340 g/mol. The fraction of sp³-hybridized carbons (Fsp3) is 0.824. The number of rotatable bonds is 4. The van der Waals surface area contributed by atoms with Crippen molar-refractivity contribution >= 4 is 17.8 Å². The Morgan fingerprint density at radius 1 is 1.04 bits per heavy atom. The third-order valence-corrected chi connectivity index (χ3v) is 4.94. The van der Waals surface area contributed by atoms with E-state index in [2.05, 4.69) is 0 Å². The molecule has 0 aliphatic carbocycles. The molecular formula is C17H28N2O5. The maximum Gasteiger partial charge on any atom is 0.312 e. The van der Waals surface area contributed by atoms with E-state index in [9.17, 15) is 14.4 Å². The Labute approximate surface area is 142 Å². The van der Waals surface area contributed by atoms with Crippen molar-refractivity contribution in [3.8, 4) is 0 Å². The fourth-order valence-corrected chi connectivity index (χ4v) is 3.55. The number of hydrogen-bond acceptors (Lipinski definition) is 5. The normalized spacial score (nSPS) is 22.3. The zero-order valence-corrected chi connectivity index (χ0v) is 14.4. The Morgan fingerprint density at radius 3 is 2.38 bits per heavy atom. The Kier molecular flexibility index (Phi) is 7.02. The zero-order valence-electron chi connectivity index (χ0n) is 14.4. The molecule has 1 N–H and O–H groups in total. The Balaban J connectivity index is 1.89. The summed E-state index contributed by atoms with van der Waals surface area (Å²) < 4.78 is 5.02. The van der Waals surface area contributed by atoms with Crippen LogP contribution in [-0.4, -0.2) is 71.6 Å². The number of nitrogens with zero attached hydrogens (tertiary/aromatic N) is 2. The molecule has 136 valence electrons. The molecule has 2 rings (SSSR count). The van der Waals surface area contributed by atoms with Gasteiger partial charge in [-0.05, 0) is 45.4 Å². The minimum Gasteiger partial charge on any atom is -0.466 e. The molecule has 2 saturated heterocycles. The van der Waals surface area contributed by atoms with E-state index in [0.29, 0.717) is 45.5 Å². The van der Waals surface area contributed by atoms with Crippen LogP contribution in [0.4, 0.5) is 0 Å². The van der Waals surface area contributed by atoms with Crippen LogP contribution in [0.15, 0.2) is 0 Å². The summed E-state index contributed by atoms with van der Waals surface area (Å²) in [6.45, 7) is 3.55. The number of carbonyl (C=O) groups excluding carboxylic acids is 3. The molecule has 0 bridgehead atoms. The Hall–Kier alpha value is -1.63. The van der Waals surface area contributed by atoms with E-state index < -0.39 is 11.8 Å². The first-order valence-electron chi connectivity index (χ1n) is 8.95. The number of aliphatic hydroxyl groups is 1. The van der Waals surface area contributed by atoms with E-state index in [1.807, 2.05) is 0 Å². The smallest absolute Gasteiger partial charge is 0.312 e. The molecule has 7 heteroatoms. The highest BCUT2D eigenvalue weighted by Gasteiger charge is 2.35. The summed E-state index contributed by atoms with van der Waals surface area (Å²) in [6, 6.07) is -0.0442. The van der Waals surface area contributed by atoms with Gasteiger partial charge in [-0.1, -0.05) is 0 Å². The number of esters is 1. The minimum atomic E-state index is -0.484. The van der Waals surface area contributed by atoms with Gasteiger partial charge in [0.15, 0.2) is 0 Å². The molecule has 0 saturated carbocycles. The number of piperidine rings is 2. The third-order valence-electron chi connectivity index (χ3n) is 4.94. The Morgan fingerprint density at radius 2 is 1.75 bits per heavy atom. The molecule has 0 radical (unpaired) electrons. The molecule has 1 atom stereocenters. The summed E-state index contributed by atoms with van der Waals surface area (Å²) in [6.07, 6.45) is 4.35. The number of amides is 2. The predicted molar refractivity (Wildman–Crippen MR) is 87.0 cm³/mol. The quantitative estimate of drug-likeness (QED) is 0.597. The summed E-state index contributed by atoms with van der Waals surface area (Å²) >= 11 is 0. The van der Waals surface area contributed by atoms with Crippen LogP contribution < -0.4 is 0 Å². The van der Waals surface area contributed by atoms with E-state index in [-0.39, 0.29) is 24.5 Å². The third kappa shape index (κ3) is 4.47. The molecule has 2 aliphatic rings. The largest absolute Gasteiger partial charge is 0.466 e. The molecule has 1 unspecified atom stereocenters. The first-order chi connectivity index (χ1) is 11.6. The monoisotopic (exact) mass is 340 g/mol. The van der Waals surface area contributed by atoms with Crippen molar-refractivity contribution in [3.05, 3.63) is 0 Å². The van der Waals surface area contributed by atoms with Gasteiger partial charge in [0.25, 0.3) is 0 Å². The summed E-state index contributed by atoms with van der Waals surface area (Å²) in [5.74, 6) is -1.35. The number of ether oxygens (including phenoxy) is 1. The standard InChI is InChI=1S/C17H28N2O5/c1-2-24-17(23)13-6-10-18(11-7-13)15(21)16(22)19-9-4-3-5-14(19)8-12-20/h13-14,20H,2-12H2,1H3. The summed E-state index contributed by atoms with van der Waals surface area (Å²) in [5.41, 5.74) is 0. The first-order valence-corrected chi connectivity index (χ1v) is 8.95. The van der Waals surface area contributed by atoms with Crippen LogP contribution in [0, 0.1) is 5.92 Å². The van der Waals surface area contributed by atoms with Gasteiger partial charge < -0.3 is 19.6 Å². The van der Waals surface area contributed by atoms with Gasteiger partial charge in [-0.25, -0.2) is 0 Å². The van der Waals surface area contributed by atoms with Crippen molar-refractivity contribution in [3.63, 3.8) is 0 Å². The lowest BCUT2D eigenvalue weighted by atomic mass is 9.96. The fourth-order valence-electron chi connectivity index (χ4n) is 3.55. The van der Waals surface area contributed by atoms with E-state index in [1.54, 1.807) is 16.7 Å². The molecule has 2 aliphatic heterocycles. The highest BCUT2D eigenvalue weighted by Crippen LogP contribution is 2.22. The van der Waals surface area contributed by atoms with Crippen molar-refractivity contribution < 1.29 is 24.2 Å². The average Bonchev–Trinajstić information content (AvgIpc) is 2.61. The lowest BCUT2D eigenvalue weighted by molar-refractivity contribution is -0.157. The molecule has 0 aromatic carbocycles. The van der Waals surface area contributed by atoms with Crippen molar-refractivity contribution in [2.45, 2.75) is 51.5 Å². The van der Waals surface area contributed by atoms with Crippen molar-refractivity contribution in [1.29, 1.82) is 0 Å². The Bertz CT molecular complexity index is 458. The lowest BCUT2D eigenvalue weighted by Gasteiger charge is -2.37. The number of likely N-dealkylation sites (tertiary alicyclic amines) is 2. The predicted octanol–water partition coefficient (Wildman–Crippen LogP) is 0.552. The highest BCUT2D eigenvalue weighted by molar-refractivity contribution is 6.35. The van der Waals surface area contributed by atoms with Crippen LogP contribution in [-0.2, 0) is 19.1 Å². The molecule has 2 heterocycles. The van der Waals surface area contributed by atoms with Crippen LogP contribution in [0.2, 0.25) is 0 Å². The van der Waals surface area contributed by atoms with E-state index in [0.717, 1.165) is 19.3 Å². The minimum absolute atomic E-state index is 0.0214. The van der Waals surface area contributed by atoms with Gasteiger partial charge in [0.05, 0.1) is 12.5 Å². The van der Waals surface area contributed by atoms with E-state index in [4.69, 9.17) is 9.84 Å². The van der Waals surface area contributed by atoms with Gasteiger partial charge >= 0.3 is 17.8 Å². The SMILES string of the molecule is CCOC(=O)C1CCN(C(=O)C(=O)N2CCCCC2CCO)CC1. The van der Waals surface area contributed by atoms with Gasteiger partial charge in [0.1, 0.15) is 0 Å². The first kappa shape index (κ1) is 18.7. The van der Waals surface area contributed by atoms with Crippen LogP contribution in [0.3, 0.4) is 0 Å².